The van der Waals surface area contributed by atoms with Crippen LogP contribution in [0.3, 0.4) is 0 Å². The molecule has 1 aromatic rings. The van der Waals surface area contributed by atoms with Gasteiger partial charge in [0.25, 0.3) is 5.95 Å². The van der Waals surface area contributed by atoms with Crippen molar-refractivity contribution in [3.63, 3.8) is 0 Å². The molecule has 1 fully saturated rings. The van der Waals surface area contributed by atoms with Gasteiger partial charge in [0.1, 0.15) is 6.04 Å². The van der Waals surface area contributed by atoms with Gasteiger partial charge >= 0.3 is 0 Å². The Balaban J connectivity index is 2.06. The van der Waals surface area contributed by atoms with E-state index in [1.807, 2.05) is 0 Å². The highest BCUT2D eigenvalue weighted by Gasteiger charge is 2.22. The van der Waals surface area contributed by atoms with E-state index in [1.54, 1.807) is 6.92 Å². The standard InChI is InChI=1S/C11H20N4O2/c1-8(16)9(12)10-13-11(14-17-10)15-6-4-2-3-5-7-15/h8-9,16H,2-7,12H2,1H3/t8-,9+/m1/s1. The fourth-order valence-electron chi connectivity index (χ4n) is 1.97. The number of aliphatic hydroxyl groups excluding tert-OH is 1. The fourth-order valence-corrected chi connectivity index (χ4v) is 1.97. The Hall–Kier alpha value is -1.14. The minimum atomic E-state index is -0.688. The molecule has 0 spiro atoms. The number of aromatic nitrogens is 2. The second kappa shape index (κ2) is 5.46. The van der Waals surface area contributed by atoms with E-state index in [2.05, 4.69) is 15.0 Å². The highest BCUT2D eigenvalue weighted by Crippen LogP contribution is 2.19. The molecule has 2 rings (SSSR count). The minimum Gasteiger partial charge on any atom is -0.391 e. The van der Waals surface area contributed by atoms with Gasteiger partial charge in [-0.15, -0.1) is 0 Å². The summed E-state index contributed by atoms with van der Waals surface area (Å²) < 4.78 is 5.09. The van der Waals surface area contributed by atoms with Crippen LogP contribution >= 0.6 is 0 Å². The summed E-state index contributed by atoms with van der Waals surface area (Å²) >= 11 is 0. The molecule has 1 aliphatic heterocycles. The Morgan fingerprint density at radius 2 is 1.94 bits per heavy atom. The van der Waals surface area contributed by atoms with Crippen LogP contribution in [0, 0.1) is 0 Å². The molecule has 6 heteroatoms. The van der Waals surface area contributed by atoms with Gasteiger partial charge in [0.15, 0.2) is 0 Å². The zero-order valence-electron chi connectivity index (χ0n) is 10.2. The first-order valence-corrected chi connectivity index (χ1v) is 6.20. The summed E-state index contributed by atoms with van der Waals surface area (Å²) in [5.74, 6) is 0.900. The Bertz CT molecular complexity index is 345. The average molecular weight is 240 g/mol. The minimum absolute atomic E-state index is 0.305. The quantitative estimate of drug-likeness (QED) is 0.813. The van der Waals surface area contributed by atoms with Gasteiger partial charge in [-0.3, -0.25) is 0 Å². The van der Waals surface area contributed by atoms with Crippen molar-refractivity contribution in [2.45, 2.75) is 44.8 Å². The number of hydrogen-bond donors (Lipinski definition) is 2. The highest BCUT2D eigenvalue weighted by molar-refractivity contribution is 5.28. The van der Waals surface area contributed by atoms with E-state index < -0.39 is 12.1 Å². The smallest absolute Gasteiger partial charge is 0.266 e. The van der Waals surface area contributed by atoms with Crippen LogP contribution in [0.4, 0.5) is 5.95 Å². The lowest BCUT2D eigenvalue weighted by atomic mass is 10.2. The molecule has 2 heterocycles. The summed E-state index contributed by atoms with van der Waals surface area (Å²) in [6, 6.07) is -0.608. The molecule has 0 bridgehead atoms. The molecule has 0 saturated carbocycles. The largest absolute Gasteiger partial charge is 0.391 e. The molecule has 17 heavy (non-hydrogen) atoms. The van der Waals surface area contributed by atoms with Crippen LogP contribution in [0.2, 0.25) is 0 Å². The van der Waals surface area contributed by atoms with Crippen molar-refractivity contribution in [1.29, 1.82) is 0 Å². The number of nitrogens with zero attached hydrogens (tertiary/aromatic N) is 3. The zero-order chi connectivity index (χ0) is 12.3. The van der Waals surface area contributed by atoms with Crippen molar-refractivity contribution in [3.8, 4) is 0 Å². The molecule has 1 saturated heterocycles. The monoisotopic (exact) mass is 240 g/mol. The lowest BCUT2D eigenvalue weighted by Gasteiger charge is -2.16. The van der Waals surface area contributed by atoms with Gasteiger partial charge in [0, 0.05) is 13.1 Å². The van der Waals surface area contributed by atoms with Gasteiger partial charge in [-0.1, -0.05) is 12.8 Å². The van der Waals surface area contributed by atoms with E-state index in [-0.39, 0.29) is 0 Å². The third-order valence-electron chi connectivity index (χ3n) is 3.12. The molecule has 0 unspecified atom stereocenters. The van der Waals surface area contributed by atoms with Crippen LogP contribution in [0.1, 0.15) is 44.5 Å². The predicted octanol–water partition coefficient (Wildman–Crippen LogP) is 0.831. The molecular formula is C11H20N4O2. The maximum atomic E-state index is 9.37. The summed E-state index contributed by atoms with van der Waals surface area (Å²) in [6.45, 7) is 3.53. The van der Waals surface area contributed by atoms with Crippen LogP contribution in [-0.4, -0.2) is 34.4 Å². The molecule has 0 aliphatic carbocycles. The van der Waals surface area contributed by atoms with Crippen LogP contribution in [0.15, 0.2) is 4.52 Å². The average Bonchev–Trinajstić information content (AvgIpc) is 2.64. The van der Waals surface area contributed by atoms with E-state index in [4.69, 9.17) is 10.3 Å². The van der Waals surface area contributed by atoms with Crippen molar-refractivity contribution in [2.75, 3.05) is 18.0 Å². The van der Waals surface area contributed by atoms with Gasteiger partial charge in [0.2, 0.25) is 5.89 Å². The lowest BCUT2D eigenvalue weighted by Crippen LogP contribution is -2.26. The summed E-state index contributed by atoms with van der Waals surface area (Å²) in [7, 11) is 0. The molecule has 2 atom stereocenters. The van der Waals surface area contributed by atoms with E-state index in [0.29, 0.717) is 11.8 Å². The molecule has 1 aromatic heterocycles. The van der Waals surface area contributed by atoms with E-state index in [0.717, 1.165) is 25.9 Å². The summed E-state index contributed by atoms with van der Waals surface area (Å²) in [5.41, 5.74) is 5.75. The maximum Gasteiger partial charge on any atom is 0.266 e. The molecule has 0 radical (unpaired) electrons. The molecule has 3 N–H and O–H groups in total. The number of hydrogen-bond acceptors (Lipinski definition) is 6. The first-order valence-electron chi connectivity index (χ1n) is 6.20. The Labute approximate surface area is 101 Å². The SMILES string of the molecule is C[C@@H](O)[C@H](N)c1nc(N2CCCCCC2)no1. The summed E-state index contributed by atoms with van der Waals surface area (Å²) in [4.78, 5) is 6.38. The lowest BCUT2D eigenvalue weighted by molar-refractivity contribution is 0.146. The van der Waals surface area contributed by atoms with Crippen molar-refractivity contribution < 1.29 is 9.63 Å². The van der Waals surface area contributed by atoms with Crippen molar-refractivity contribution >= 4 is 5.95 Å². The summed E-state index contributed by atoms with van der Waals surface area (Å²) in [6.07, 6.45) is 4.15. The van der Waals surface area contributed by atoms with Crippen LogP contribution < -0.4 is 10.6 Å². The molecule has 0 amide bonds. The van der Waals surface area contributed by atoms with E-state index in [1.165, 1.54) is 12.8 Å². The Kier molecular flexibility index (Phi) is 3.96. The van der Waals surface area contributed by atoms with E-state index >= 15 is 0 Å². The Morgan fingerprint density at radius 3 is 2.53 bits per heavy atom. The van der Waals surface area contributed by atoms with Gasteiger partial charge < -0.3 is 20.3 Å². The second-order valence-electron chi connectivity index (χ2n) is 4.60. The van der Waals surface area contributed by atoms with Crippen LogP contribution in [0.25, 0.3) is 0 Å². The molecule has 96 valence electrons. The zero-order valence-corrected chi connectivity index (χ0v) is 10.2. The number of anilines is 1. The number of nitrogens with two attached hydrogens (primary N) is 1. The summed E-state index contributed by atoms with van der Waals surface area (Å²) in [5, 5.41) is 13.3. The molecular weight excluding hydrogens is 220 g/mol. The number of rotatable bonds is 3. The third kappa shape index (κ3) is 2.95. The van der Waals surface area contributed by atoms with Gasteiger partial charge in [-0.25, -0.2) is 0 Å². The van der Waals surface area contributed by atoms with Crippen molar-refractivity contribution in [3.05, 3.63) is 5.89 Å². The van der Waals surface area contributed by atoms with Crippen molar-refractivity contribution in [2.24, 2.45) is 5.73 Å². The first-order chi connectivity index (χ1) is 8.18. The third-order valence-corrected chi connectivity index (χ3v) is 3.12. The highest BCUT2D eigenvalue weighted by atomic mass is 16.5. The van der Waals surface area contributed by atoms with E-state index in [9.17, 15) is 5.11 Å². The number of aliphatic hydroxyl groups is 1. The molecule has 1 aliphatic rings. The van der Waals surface area contributed by atoms with Gasteiger partial charge in [-0.05, 0) is 24.9 Å². The predicted molar refractivity (Wildman–Crippen MR) is 63.6 cm³/mol. The fraction of sp³-hybridized carbons (Fsp3) is 0.818. The van der Waals surface area contributed by atoms with Gasteiger partial charge in [-0.2, -0.15) is 4.98 Å². The molecule has 6 nitrogen and oxygen atoms in total. The second-order valence-corrected chi connectivity index (χ2v) is 4.60. The maximum absolute atomic E-state index is 9.37. The van der Waals surface area contributed by atoms with Crippen LogP contribution in [-0.2, 0) is 0 Å². The first kappa shape index (κ1) is 12.3. The van der Waals surface area contributed by atoms with Crippen LogP contribution in [0.5, 0.6) is 0 Å². The van der Waals surface area contributed by atoms with Crippen molar-refractivity contribution in [1.82, 2.24) is 10.1 Å². The normalized spacial score (nSPS) is 21.0. The Morgan fingerprint density at radius 1 is 1.29 bits per heavy atom. The molecule has 0 aromatic carbocycles. The van der Waals surface area contributed by atoms with Gasteiger partial charge in [0.05, 0.1) is 6.10 Å². The topological polar surface area (TPSA) is 88.4 Å².